The van der Waals surface area contributed by atoms with E-state index in [0.717, 1.165) is 71.9 Å². The van der Waals surface area contributed by atoms with Crippen LogP contribution in [0.5, 0.6) is 0 Å². The summed E-state index contributed by atoms with van der Waals surface area (Å²) in [6.07, 6.45) is -1.37. The van der Waals surface area contributed by atoms with E-state index < -0.39 is 35.4 Å². The average molecular weight is 894 g/mol. The van der Waals surface area contributed by atoms with Crippen LogP contribution in [0.2, 0.25) is 0 Å². The predicted molar refractivity (Wildman–Crippen MR) is 284 cm³/mol. The molecule has 4 heterocycles. The molecule has 0 radical (unpaired) electrons. The highest BCUT2D eigenvalue weighted by atomic mass is 16.3. The lowest BCUT2D eigenvalue weighted by atomic mass is 9.77. The number of furan rings is 1. The van der Waals surface area contributed by atoms with E-state index in [0.29, 0.717) is 29.7 Å². The van der Waals surface area contributed by atoms with E-state index in [1.165, 1.54) is 6.20 Å². The molecule has 0 aliphatic rings. The van der Waals surface area contributed by atoms with Gasteiger partial charge in [-0.1, -0.05) is 164 Å². The van der Waals surface area contributed by atoms with E-state index in [1.54, 1.807) is 39.0 Å². The van der Waals surface area contributed by atoms with Crippen molar-refractivity contribution in [3.05, 3.63) is 221 Å². The molecule has 10 aromatic rings. The molecule has 6 aromatic carbocycles. The molecule has 4 aromatic heterocycles. The number of hydrogen-bond donors (Lipinski definition) is 0. The standard InChI is InChI=1S/C64H61N3O/c1-62(2,3)39-52-35-59(50-24-29-60-55(34-50)56-33-48-20-14-15-21-49(48)36-61(56)68-60)65-40-51(52)23-22-43-30-44(37-63(4,5)53-25-27-57(66-41-53)46-16-10-8-11-17-46)32-45(31-43)38-64(6,7)54-26-28-58(67-42-54)47-18-12-9-13-19-47/h8-21,24-36,40-42H,22-23,37-39H2,1-7H3/i22D2,23D2,39D2. The number of hydrogen-bond acceptors (Lipinski definition) is 4. The maximum atomic E-state index is 9.99. The molecule has 0 bridgehead atoms. The van der Waals surface area contributed by atoms with Crippen molar-refractivity contribution >= 4 is 32.7 Å². The first-order valence-corrected chi connectivity index (χ1v) is 23.6. The summed E-state index contributed by atoms with van der Waals surface area (Å²) < 4.78 is 65.6. The SMILES string of the molecule is [2H]C([2H])(c1cc(-c2ccc3oc4cc5ccccc5cc4c3c2)ncc1C([2H])([2H])C([2H])([2H])c1cc(CC(C)(C)c2ccc(-c3ccccc3)nc2)cc(CC(C)(C)c2ccc(-c3ccccc3)nc2)c1)C(C)(C)C. The number of aryl methyl sites for hydroxylation is 2. The predicted octanol–water partition coefficient (Wildman–Crippen LogP) is 16.3. The van der Waals surface area contributed by atoms with Crippen molar-refractivity contribution in [1.29, 1.82) is 0 Å². The van der Waals surface area contributed by atoms with Crippen LogP contribution in [0.3, 0.4) is 0 Å². The second kappa shape index (κ2) is 18.1. The molecule has 0 atom stereocenters. The Kier molecular flexibility index (Phi) is 10.1. The Morgan fingerprint density at radius 3 is 1.51 bits per heavy atom. The van der Waals surface area contributed by atoms with Gasteiger partial charge in [0.25, 0.3) is 0 Å². The maximum Gasteiger partial charge on any atom is 0.136 e. The Hall–Kier alpha value is -7.17. The van der Waals surface area contributed by atoms with Crippen LogP contribution in [0.1, 0.15) is 95.6 Å². The van der Waals surface area contributed by atoms with Crippen molar-refractivity contribution in [3.63, 3.8) is 0 Å². The molecule has 0 aliphatic carbocycles. The van der Waals surface area contributed by atoms with Crippen LogP contribution in [0.4, 0.5) is 0 Å². The van der Waals surface area contributed by atoms with Gasteiger partial charge in [0.2, 0.25) is 0 Å². The first-order chi connectivity index (χ1) is 35.0. The molecule has 10 rings (SSSR count). The third kappa shape index (κ3) is 9.78. The van der Waals surface area contributed by atoms with Gasteiger partial charge in [-0.05, 0) is 146 Å². The molecule has 0 saturated heterocycles. The quantitative estimate of drug-likeness (QED) is 0.116. The first kappa shape index (κ1) is 37.9. The van der Waals surface area contributed by atoms with Gasteiger partial charge in [0.1, 0.15) is 11.2 Å². The second-order valence-corrected chi connectivity index (χ2v) is 20.5. The summed E-state index contributed by atoms with van der Waals surface area (Å²) in [5.41, 5.74) is 8.26. The van der Waals surface area contributed by atoms with Gasteiger partial charge in [0.05, 0.1) is 17.1 Å². The Labute approximate surface area is 410 Å². The van der Waals surface area contributed by atoms with Crippen molar-refractivity contribution in [2.75, 3.05) is 0 Å². The topological polar surface area (TPSA) is 51.8 Å². The molecule has 0 unspecified atom stereocenters. The highest BCUT2D eigenvalue weighted by molar-refractivity contribution is 6.10. The summed E-state index contributed by atoms with van der Waals surface area (Å²) in [7, 11) is 0. The molecule has 0 fully saturated rings. The van der Waals surface area contributed by atoms with Crippen molar-refractivity contribution < 1.29 is 12.6 Å². The Morgan fingerprint density at radius 2 is 0.956 bits per heavy atom. The molecule has 338 valence electrons. The normalized spacial score (nSPS) is 14.3. The molecule has 68 heavy (non-hydrogen) atoms. The number of benzene rings is 6. The van der Waals surface area contributed by atoms with Crippen molar-refractivity contribution in [1.82, 2.24) is 15.0 Å². The zero-order chi connectivity index (χ0) is 52.4. The highest BCUT2D eigenvalue weighted by Crippen LogP contribution is 2.37. The van der Waals surface area contributed by atoms with Gasteiger partial charge in [-0.25, -0.2) is 0 Å². The number of nitrogens with zero attached hydrogens (tertiary/aromatic N) is 3. The van der Waals surface area contributed by atoms with Crippen LogP contribution in [0.25, 0.3) is 66.5 Å². The van der Waals surface area contributed by atoms with Gasteiger partial charge in [0.15, 0.2) is 0 Å². The van der Waals surface area contributed by atoms with E-state index in [2.05, 4.69) is 64.1 Å². The molecule has 0 saturated carbocycles. The third-order valence-corrected chi connectivity index (χ3v) is 13.0. The van der Waals surface area contributed by atoms with E-state index in [1.807, 2.05) is 122 Å². The third-order valence-electron chi connectivity index (χ3n) is 13.0. The van der Waals surface area contributed by atoms with E-state index in [9.17, 15) is 8.22 Å². The van der Waals surface area contributed by atoms with Crippen LogP contribution in [0.15, 0.2) is 187 Å². The van der Waals surface area contributed by atoms with E-state index in [4.69, 9.17) is 19.4 Å². The van der Waals surface area contributed by atoms with Gasteiger partial charge >= 0.3 is 0 Å². The van der Waals surface area contributed by atoms with E-state index in [-0.39, 0.29) is 16.7 Å². The fourth-order valence-electron chi connectivity index (χ4n) is 9.39. The van der Waals surface area contributed by atoms with Crippen LogP contribution in [-0.2, 0) is 42.8 Å². The molecular weight excluding hydrogens is 827 g/mol. The zero-order valence-electron chi connectivity index (χ0n) is 46.0. The lowest BCUT2D eigenvalue weighted by Gasteiger charge is -2.28. The largest absolute Gasteiger partial charge is 0.456 e. The maximum absolute atomic E-state index is 9.99. The lowest BCUT2D eigenvalue weighted by Crippen LogP contribution is -2.23. The number of fused-ring (bicyclic) bond motifs is 4. The molecule has 0 amide bonds. The van der Waals surface area contributed by atoms with Gasteiger partial charge in [-0.2, -0.15) is 0 Å². The summed E-state index contributed by atoms with van der Waals surface area (Å²) in [6, 6.07) is 53.8. The minimum atomic E-state index is -2.77. The monoisotopic (exact) mass is 894 g/mol. The van der Waals surface area contributed by atoms with Crippen LogP contribution < -0.4 is 0 Å². The Balaban J connectivity index is 1.05. The molecule has 4 nitrogen and oxygen atoms in total. The second-order valence-electron chi connectivity index (χ2n) is 20.5. The molecule has 0 aliphatic heterocycles. The number of aromatic nitrogens is 3. The Morgan fingerprint density at radius 1 is 0.426 bits per heavy atom. The lowest BCUT2D eigenvalue weighted by molar-refractivity contribution is 0.409. The first-order valence-electron chi connectivity index (χ1n) is 26.6. The van der Waals surface area contributed by atoms with Gasteiger partial charge < -0.3 is 4.42 Å². The molecule has 0 N–H and O–H groups in total. The van der Waals surface area contributed by atoms with Gasteiger partial charge in [-0.15, -0.1) is 0 Å². The van der Waals surface area contributed by atoms with Crippen LogP contribution in [-0.4, -0.2) is 15.0 Å². The molecular formula is C64H61N3O. The van der Waals surface area contributed by atoms with Crippen molar-refractivity contribution in [2.24, 2.45) is 5.41 Å². The minimum Gasteiger partial charge on any atom is -0.456 e. The van der Waals surface area contributed by atoms with Crippen molar-refractivity contribution in [3.8, 4) is 33.8 Å². The molecule has 4 heteroatoms. The fraction of sp³-hybridized carbons (Fsp3) is 0.234. The fourth-order valence-corrected chi connectivity index (χ4v) is 9.39. The van der Waals surface area contributed by atoms with Gasteiger partial charge in [-0.3, -0.25) is 15.0 Å². The summed E-state index contributed by atoms with van der Waals surface area (Å²) in [5, 5.41) is 3.97. The van der Waals surface area contributed by atoms with E-state index >= 15 is 0 Å². The van der Waals surface area contributed by atoms with Crippen molar-refractivity contribution in [2.45, 2.75) is 91.3 Å². The summed E-state index contributed by atoms with van der Waals surface area (Å²) in [5.74, 6) is 0. The molecule has 0 spiro atoms. The highest BCUT2D eigenvalue weighted by Gasteiger charge is 2.26. The average Bonchev–Trinajstić information content (AvgIpc) is 3.74. The van der Waals surface area contributed by atoms with Crippen LogP contribution in [0, 0.1) is 5.41 Å². The summed E-state index contributed by atoms with van der Waals surface area (Å²) >= 11 is 0. The van der Waals surface area contributed by atoms with Gasteiger partial charge in [0, 0.05) is 54.3 Å². The number of rotatable bonds is 13. The summed E-state index contributed by atoms with van der Waals surface area (Å²) in [6.45, 7) is 14.0. The van der Waals surface area contributed by atoms with Crippen LogP contribution >= 0.6 is 0 Å². The smallest absolute Gasteiger partial charge is 0.136 e. The zero-order valence-corrected chi connectivity index (χ0v) is 40.0. The Bertz CT molecular complexity index is 3560. The minimum absolute atomic E-state index is 0.0450. The number of pyridine rings is 3. The summed E-state index contributed by atoms with van der Waals surface area (Å²) in [4.78, 5) is 14.5.